The van der Waals surface area contributed by atoms with E-state index in [1.54, 1.807) is 0 Å². The Hall–Kier alpha value is -1.75. The summed E-state index contributed by atoms with van der Waals surface area (Å²) in [4.78, 5) is 9.93. The van der Waals surface area contributed by atoms with Crippen molar-refractivity contribution >= 4 is 21.4 Å². The normalized spacial score (nSPS) is 16.6. The van der Waals surface area contributed by atoms with Gasteiger partial charge in [0.05, 0.1) is 10.6 Å². The SMILES string of the molecule is NNc1ccc(S(=O)(=O)NC2CCOCC2)c([N+](=O)[O-])c1. The van der Waals surface area contributed by atoms with Gasteiger partial charge < -0.3 is 10.2 Å². The van der Waals surface area contributed by atoms with Gasteiger partial charge in [0.15, 0.2) is 4.90 Å². The quantitative estimate of drug-likeness (QED) is 0.404. The number of nitrogens with zero attached hydrogens (tertiary/aromatic N) is 1. The Morgan fingerprint density at radius 2 is 2.00 bits per heavy atom. The summed E-state index contributed by atoms with van der Waals surface area (Å²) < 4.78 is 32.3. The number of nitrogens with one attached hydrogen (secondary N) is 2. The van der Waals surface area contributed by atoms with Crippen LogP contribution >= 0.6 is 0 Å². The molecule has 9 nitrogen and oxygen atoms in total. The van der Waals surface area contributed by atoms with E-state index in [1.807, 2.05) is 0 Å². The van der Waals surface area contributed by atoms with Crippen LogP contribution in [-0.4, -0.2) is 32.6 Å². The van der Waals surface area contributed by atoms with Crippen LogP contribution in [0.15, 0.2) is 23.1 Å². The Morgan fingerprint density at radius 3 is 2.57 bits per heavy atom. The molecule has 2 rings (SSSR count). The molecule has 0 unspecified atom stereocenters. The molecule has 0 bridgehead atoms. The van der Waals surface area contributed by atoms with Gasteiger partial charge in [-0.25, -0.2) is 13.1 Å². The highest BCUT2D eigenvalue weighted by Gasteiger charge is 2.29. The average Bonchev–Trinajstić information content (AvgIpc) is 2.47. The minimum absolute atomic E-state index is 0.256. The minimum atomic E-state index is -3.98. The molecule has 1 aliphatic heterocycles. The van der Waals surface area contributed by atoms with Crippen molar-refractivity contribution < 1.29 is 18.1 Å². The molecule has 0 spiro atoms. The molecule has 21 heavy (non-hydrogen) atoms. The maximum Gasteiger partial charge on any atom is 0.291 e. The molecule has 1 heterocycles. The van der Waals surface area contributed by atoms with Gasteiger partial charge in [-0.05, 0) is 25.0 Å². The highest BCUT2D eigenvalue weighted by Crippen LogP contribution is 2.27. The van der Waals surface area contributed by atoms with Crippen LogP contribution in [0.5, 0.6) is 0 Å². The molecule has 4 N–H and O–H groups in total. The van der Waals surface area contributed by atoms with Crippen LogP contribution in [0.25, 0.3) is 0 Å². The zero-order valence-corrected chi connectivity index (χ0v) is 11.9. The van der Waals surface area contributed by atoms with E-state index in [4.69, 9.17) is 10.6 Å². The highest BCUT2D eigenvalue weighted by atomic mass is 32.2. The molecular formula is C11H16N4O5S. The zero-order chi connectivity index (χ0) is 15.5. The summed E-state index contributed by atoms with van der Waals surface area (Å²) in [5, 5.41) is 11.1. The van der Waals surface area contributed by atoms with E-state index in [0.29, 0.717) is 26.1 Å². The molecule has 0 saturated carbocycles. The fraction of sp³-hybridized carbons (Fsp3) is 0.455. The Balaban J connectivity index is 2.32. The molecule has 0 amide bonds. The lowest BCUT2D eigenvalue weighted by atomic mass is 10.1. The summed E-state index contributed by atoms with van der Waals surface area (Å²) in [6, 6.07) is 3.33. The zero-order valence-electron chi connectivity index (χ0n) is 11.1. The van der Waals surface area contributed by atoms with Gasteiger partial charge in [-0.3, -0.25) is 16.0 Å². The third kappa shape index (κ3) is 3.67. The largest absolute Gasteiger partial charge is 0.381 e. The van der Waals surface area contributed by atoms with Crippen LogP contribution in [-0.2, 0) is 14.8 Å². The topological polar surface area (TPSA) is 137 Å². The van der Waals surface area contributed by atoms with E-state index in [0.717, 1.165) is 12.1 Å². The van der Waals surface area contributed by atoms with Gasteiger partial charge >= 0.3 is 0 Å². The summed E-state index contributed by atoms with van der Waals surface area (Å²) in [7, 11) is -3.98. The van der Waals surface area contributed by atoms with E-state index in [1.165, 1.54) is 6.07 Å². The number of nitrogen functional groups attached to an aromatic ring is 1. The van der Waals surface area contributed by atoms with E-state index in [-0.39, 0.29) is 16.6 Å². The second kappa shape index (κ2) is 6.35. The molecular weight excluding hydrogens is 300 g/mol. The molecule has 1 aromatic rings. The summed E-state index contributed by atoms with van der Waals surface area (Å²) in [6.45, 7) is 0.927. The van der Waals surface area contributed by atoms with Crippen LogP contribution in [0.4, 0.5) is 11.4 Å². The van der Waals surface area contributed by atoms with Crippen LogP contribution < -0.4 is 16.0 Å². The number of nitrogens with two attached hydrogens (primary N) is 1. The van der Waals surface area contributed by atoms with Crippen LogP contribution in [0.3, 0.4) is 0 Å². The molecule has 10 heteroatoms. The van der Waals surface area contributed by atoms with Gasteiger partial charge in [-0.15, -0.1) is 0 Å². The van der Waals surface area contributed by atoms with Gasteiger partial charge in [0.25, 0.3) is 5.69 Å². The summed E-state index contributed by atoms with van der Waals surface area (Å²) in [6.07, 6.45) is 1.07. The third-order valence-corrected chi connectivity index (χ3v) is 4.72. The van der Waals surface area contributed by atoms with Gasteiger partial charge in [0.2, 0.25) is 10.0 Å². The van der Waals surface area contributed by atoms with E-state index < -0.39 is 20.6 Å². The number of nitro groups is 1. The number of rotatable bonds is 5. The minimum Gasteiger partial charge on any atom is -0.381 e. The summed E-state index contributed by atoms with van der Waals surface area (Å²) in [5.41, 5.74) is 1.98. The molecule has 1 aromatic carbocycles. The first kappa shape index (κ1) is 15.6. The van der Waals surface area contributed by atoms with Crippen molar-refractivity contribution in [2.75, 3.05) is 18.6 Å². The average molecular weight is 316 g/mol. The smallest absolute Gasteiger partial charge is 0.291 e. The second-order valence-corrected chi connectivity index (χ2v) is 6.27. The molecule has 1 fully saturated rings. The number of anilines is 1. The summed E-state index contributed by atoms with van der Waals surface area (Å²) >= 11 is 0. The van der Waals surface area contributed by atoms with Crippen molar-refractivity contribution in [3.63, 3.8) is 0 Å². The van der Waals surface area contributed by atoms with Crippen molar-refractivity contribution in [3.05, 3.63) is 28.3 Å². The number of sulfonamides is 1. The number of benzene rings is 1. The van der Waals surface area contributed by atoms with Gasteiger partial charge in [-0.2, -0.15) is 0 Å². The third-order valence-electron chi connectivity index (χ3n) is 3.15. The molecule has 0 aromatic heterocycles. The van der Waals surface area contributed by atoms with E-state index >= 15 is 0 Å². The number of hydrogen-bond donors (Lipinski definition) is 3. The summed E-state index contributed by atoms with van der Waals surface area (Å²) in [5.74, 6) is 5.18. The highest BCUT2D eigenvalue weighted by molar-refractivity contribution is 7.89. The monoisotopic (exact) mass is 316 g/mol. The van der Waals surface area contributed by atoms with Gasteiger partial charge in [-0.1, -0.05) is 0 Å². The van der Waals surface area contributed by atoms with Crippen molar-refractivity contribution in [2.45, 2.75) is 23.8 Å². The maximum atomic E-state index is 12.3. The Morgan fingerprint density at radius 1 is 1.33 bits per heavy atom. The van der Waals surface area contributed by atoms with E-state index in [9.17, 15) is 18.5 Å². The number of nitro benzene ring substituents is 1. The molecule has 0 aliphatic carbocycles. The van der Waals surface area contributed by atoms with E-state index in [2.05, 4.69) is 10.1 Å². The first-order chi connectivity index (χ1) is 9.94. The fourth-order valence-corrected chi connectivity index (χ4v) is 3.53. The number of hydrogen-bond acceptors (Lipinski definition) is 7. The first-order valence-electron chi connectivity index (χ1n) is 6.29. The standard InChI is InChI=1S/C11H16N4O5S/c12-13-9-1-2-11(10(7-9)15(16)17)21(18,19)14-8-3-5-20-6-4-8/h1-2,7-8,13-14H,3-6,12H2. The first-order valence-corrected chi connectivity index (χ1v) is 7.77. The maximum absolute atomic E-state index is 12.3. The van der Waals surface area contributed by atoms with Crippen molar-refractivity contribution in [1.82, 2.24) is 4.72 Å². The Bertz CT molecular complexity index is 628. The Labute approximate surface area is 121 Å². The molecule has 116 valence electrons. The lowest BCUT2D eigenvalue weighted by Crippen LogP contribution is -2.39. The second-order valence-electron chi connectivity index (χ2n) is 4.59. The predicted octanol–water partition coefficient (Wildman–Crippen LogP) is 0.338. The lowest BCUT2D eigenvalue weighted by molar-refractivity contribution is -0.387. The van der Waals surface area contributed by atoms with Crippen LogP contribution in [0.1, 0.15) is 12.8 Å². The Kier molecular flexibility index (Phi) is 4.73. The molecule has 1 saturated heterocycles. The van der Waals surface area contributed by atoms with Gasteiger partial charge in [0.1, 0.15) is 0 Å². The van der Waals surface area contributed by atoms with Crippen LogP contribution in [0, 0.1) is 10.1 Å². The van der Waals surface area contributed by atoms with Crippen LogP contribution in [0.2, 0.25) is 0 Å². The van der Waals surface area contributed by atoms with Crippen molar-refractivity contribution in [1.29, 1.82) is 0 Å². The van der Waals surface area contributed by atoms with Crippen molar-refractivity contribution in [2.24, 2.45) is 5.84 Å². The van der Waals surface area contributed by atoms with Crippen molar-refractivity contribution in [3.8, 4) is 0 Å². The number of hydrazine groups is 1. The molecule has 1 aliphatic rings. The lowest BCUT2D eigenvalue weighted by Gasteiger charge is -2.22. The number of ether oxygens (including phenoxy) is 1. The predicted molar refractivity (Wildman–Crippen MR) is 75.1 cm³/mol. The molecule has 0 atom stereocenters. The van der Waals surface area contributed by atoms with Gasteiger partial charge in [0, 0.05) is 25.3 Å². The molecule has 0 radical (unpaired) electrons. The fourth-order valence-electron chi connectivity index (χ4n) is 2.08.